The van der Waals surface area contributed by atoms with Gasteiger partial charge in [-0.25, -0.2) is 4.31 Å². The zero-order valence-corrected chi connectivity index (χ0v) is 19.5. The monoisotopic (exact) mass is 465 g/mol. The maximum atomic E-state index is 13.4. The summed E-state index contributed by atoms with van der Waals surface area (Å²) in [6.07, 6.45) is 2.03. The Kier molecular flexibility index (Phi) is 5.45. The highest BCUT2D eigenvalue weighted by molar-refractivity contribution is 8.22. The van der Waals surface area contributed by atoms with Crippen LogP contribution in [0.1, 0.15) is 24.0 Å². The van der Waals surface area contributed by atoms with Gasteiger partial charge >= 0.3 is 0 Å². The Labute approximate surface area is 195 Å². The second-order valence-electron chi connectivity index (χ2n) is 8.81. The number of ether oxygens (including phenoxy) is 2. The summed E-state index contributed by atoms with van der Waals surface area (Å²) in [5.74, 6) is 1.63. The summed E-state index contributed by atoms with van der Waals surface area (Å²) in [4.78, 5) is 13.8. The van der Waals surface area contributed by atoms with Gasteiger partial charge in [0.15, 0.2) is 11.5 Å². The molecule has 0 saturated heterocycles. The Bertz CT molecular complexity index is 1220. The first-order chi connectivity index (χ1) is 15.8. The van der Waals surface area contributed by atoms with Crippen molar-refractivity contribution in [2.75, 3.05) is 20.9 Å². The van der Waals surface area contributed by atoms with E-state index in [0.717, 1.165) is 40.8 Å². The van der Waals surface area contributed by atoms with Gasteiger partial charge in [-0.1, -0.05) is 42.5 Å². The van der Waals surface area contributed by atoms with Crippen LogP contribution in [0, 0.1) is 0 Å². The Hall–Kier alpha value is -2.84. The largest absolute Gasteiger partial charge is 0.454 e. The molecule has 1 aliphatic carbocycles. The highest BCUT2D eigenvalue weighted by Gasteiger charge is 2.50. The molecule has 1 aliphatic heterocycles. The number of nitrogens with zero attached hydrogens (tertiary/aromatic N) is 1. The molecule has 0 spiro atoms. The zero-order chi connectivity index (χ0) is 23.2. The Balaban J connectivity index is 1.38. The number of hydrogen-bond donors (Lipinski definition) is 2. The molecule has 0 atom stereocenters. The van der Waals surface area contributed by atoms with Crippen LogP contribution in [-0.4, -0.2) is 40.1 Å². The molecule has 1 saturated carbocycles. The summed E-state index contributed by atoms with van der Waals surface area (Å²) < 4.78 is 33.3. The number of carbonyl (C=O) groups excluding carboxylic acids is 1. The smallest absolute Gasteiger partial charge is 0.231 e. The Morgan fingerprint density at radius 2 is 1.64 bits per heavy atom. The number of ketones is 1. The van der Waals surface area contributed by atoms with Crippen LogP contribution in [0.3, 0.4) is 0 Å². The van der Waals surface area contributed by atoms with E-state index in [2.05, 4.69) is 0 Å². The fourth-order valence-corrected chi connectivity index (χ4v) is 5.29. The van der Waals surface area contributed by atoms with Crippen molar-refractivity contribution in [2.24, 2.45) is 0 Å². The van der Waals surface area contributed by atoms with Crippen LogP contribution in [0.5, 0.6) is 11.5 Å². The van der Waals surface area contributed by atoms with Crippen LogP contribution in [-0.2, 0) is 16.6 Å². The number of fused-ring (bicyclic) bond motifs is 1. The van der Waals surface area contributed by atoms with Crippen molar-refractivity contribution in [1.29, 1.82) is 0 Å². The lowest BCUT2D eigenvalue weighted by Crippen LogP contribution is -2.22. The molecule has 0 unspecified atom stereocenters. The van der Waals surface area contributed by atoms with Crippen molar-refractivity contribution in [2.45, 2.75) is 29.6 Å². The molecule has 6 nitrogen and oxygen atoms in total. The van der Waals surface area contributed by atoms with Gasteiger partial charge in [-0.3, -0.25) is 13.9 Å². The van der Waals surface area contributed by atoms with Gasteiger partial charge in [0.1, 0.15) is 5.78 Å². The lowest BCUT2D eigenvalue weighted by molar-refractivity contribution is -0.120. The van der Waals surface area contributed by atoms with Crippen LogP contribution in [0.4, 0.5) is 0 Å². The fraction of sp³-hybridized carbons (Fsp3) is 0.269. The van der Waals surface area contributed by atoms with Crippen LogP contribution in [0.15, 0.2) is 71.6 Å². The van der Waals surface area contributed by atoms with E-state index in [-0.39, 0.29) is 12.6 Å². The first-order valence-corrected chi connectivity index (χ1v) is 12.4. The number of benzene rings is 3. The quantitative estimate of drug-likeness (QED) is 0.479. The minimum atomic E-state index is -3.02. The second kappa shape index (κ2) is 8.18. The minimum Gasteiger partial charge on any atom is -0.454 e. The van der Waals surface area contributed by atoms with Crippen LogP contribution in [0.2, 0.25) is 0 Å². The standard InChI is InChI=1S/C26H27NO5S/c1-27(2)33(29,30)22-8-4-7-20(15-22)19-6-3-5-18(13-19)14-25(28)26(11-12-26)21-9-10-23-24(16-21)32-17-31-23/h3-10,13,15-16,29-30H,11-12,14,17H2,1-2H3. The van der Waals surface area contributed by atoms with Crippen molar-refractivity contribution in [3.63, 3.8) is 0 Å². The van der Waals surface area contributed by atoms with Crippen LogP contribution >= 0.6 is 10.8 Å². The van der Waals surface area contributed by atoms with Crippen molar-refractivity contribution in [1.82, 2.24) is 4.31 Å². The van der Waals surface area contributed by atoms with E-state index >= 15 is 0 Å². The molecular formula is C26H27NO5S. The van der Waals surface area contributed by atoms with E-state index in [4.69, 9.17) is 9.47 Å². The first kappa shape index (κ1) is 22.0. The van der Waals surface area contributed by atoms with Crippen molar-refractivity contribution >= 4 is 16.6 Å². The molecule has 1 fully saturated rings. The van der Waals surface area contributed by atoms with E-state index in [9.17, 15) is 13.9 Å². The van der Waals surface area contributed by atoms with Crippen molar-refractivity contribution in [3.05, 3.63) is 77.9 Å². The fourth-order valence-electron chi connectivity index (χ4n) is 4.32. The predicted octanol–water partition coefficient (Wildman–Crippen LogP) is 5.51. The Morgan fingerprint density at radius 3 is 2.36 bits per heavy atom. The van der Waals surface area contributed by atoms with Gasteiger partial charge in [0.05, 0.1) is 10.3 Å². The van der Waals surface area contributed by atoms with E-state index in [1.807, 2.05) is 54.6 Å². The highest BCUT2D eigenvalue weighted by atomic mass is 32.3. The molecule has 2 N–H and O–H groups in total. The SMILES string of the molecule is CN(C)S(O)(O)c1cccc(-c2cccc(CC(=O)C3(c4ccc5c(c4)OCO5)CC3)c2)c1. The number of Topliss-reactive ketones (excluding diaryl/α,β-unsaturated/α-hetero) is 1. The lowest BCUT2D eigenvalue weighted by atomic mass is 9.87. The molecule has 172 valence electrons. The molecule has 1 heterocycles. The average Bonchev–Trinajstić information content (AvgIpc) is 3.50. The van der Waals surface area contributed by atoms with Gasteiger partial charge in [-0.05, 0) is 59.4 Å². The summed E-state index contributed by atoms with van der Waals surface area (Å²) in [7, 11) is 0.259. The predicted molar refractivity (Wildman–Crippen MR) is 129 cm³/mol. The molecule has 3 aromatic rings. The number of rotatable bonds is 7. The summed E-state index contributed by atoms with van der Waals surface area (Å²) in [5, 5.41) is 0. The molecule has 0 aromatic heterocycles. The molecule has 33 heavy (non-hydrogen) atoms. The van der Waals surface area contributed by atoms with Gasteiger partial charge in [-0.15, -0.1) is 10.8 Å². The lowest BCUT2D eigenvalue weighted by Gasteiger charge is -2.38. The topological polar surface area (TPSA) is 79.2 Å². The molecule has 5 rings (SSSR count). The Morgan fingerprint density at radius 1 is 0.939 bits per heavy atom. The second-order valence-corrected chi connectivity index (χ2v) is 11.0. The molecule has 2 aliphatic rings. The van der Waals surface area contributed by atoms with Gasteiger partial charge < -0.3 is 9.47 Å². The average molecular weight is 466 g/mol. The minimum absolute atomic E-state index is 0.203. The maximum absolute atomic E-state index is 13.4. The molecule has 7 heteroatoms. The number of hydrogen-bond acceptors (Lipinski definition) is 6. The molecule has 0 radical (unpaired) electrons. The van der Waals surface area contributed by atoms with Gasteiger partial charge in [-0.2, -0.15) is 0 Å². The summed E-state index contributed by atoms with van der Waals surface area (Å²) in [6.45, 7) is 0.220. The van der Waals surface area contributed by atoms with Crippen molar-refractivity contribution < 1.29 is 23.4 Å². The van der Waals surface area contributed by atoms with Gasteiger partial charge in [0, 0.05) is 20.5 Å². The third kappa shape index (κ3) is 4.02. The van der Waals surface area contributed by atoms with E-state index < -0.39 is 16.2 Å². The first-order valence-electron chi connectivity index (χ1n) is 10.9. The third-order valence-corrected chi connectivity index (χ3v) is 8.40. The summed E-state index contributed by atoms with van der Waals surface area (Å²) in [6, 6.07) is 21.0. The van der Waals surface area contributed by atoms with Gasteiger partial charge in [0.25, 0.3) is 0 Å². The van der Waals surface area contributed by atoms with E-state index in [1.165, 1.54) is 4.31 Å². The van der Waals surface area contributed by atoms with Crippen LogP contribution < -0.4 is 9.47 Å². The molecular weight excluding hydrogens is 438 g/mol. The zero-order valence-electron chi connectivity index (χ0n) is 18.7. The molecule has 3 aromatic carbocycles. The van der Waals surface area contributed by atoms with Gasteiger partial charge in [0.2, 0.25) is 6.79 Å². The maximum Gasteiger partial charge on any atom is 0.231 e. The van der Waals surface area contributed by atoms with E-state index in [1.54, 1.807) is 26.2 Å². The normalized spacial score (nSPS) is 16.6. The molecule has 0 amide bonds. The van der Waals surface area contributed by atoms with Crippen molar-refractivity contribution in [3.8, 4) is 22.6 Å². The highest BCUT2D eigenvalue weighted by Crippen LogP contribution is 2.52. The molecule has 0 bridgehead atoms. The summed E-state index contributed by atoms with van der Waals surface area (Å²) >= 11 is 0. The van der Waals surface area contributed by atoms with Crippen LogP contribution in [0.25, 0.3) is 11.1 Å². The van der Waals surface area contributed by atoms with E-state index in [0.29, 0.717) is 17.1 Å². The number of carbonyl (C=O) groups is 1. The summed E-state index contributed by atoms with van der Waals surface area (Å²) in [5.41, 5.74) is 3.30. The third-order valence-electron chi connectivity index (χ3n) is 6.49.